The zero-order valence-electron chi connectivity index (χ0n) is 16.1. The third-order valence-electron chi connectivity index (χ3n) is 4.47. The Labute approximate surface area is 147 Å². The average molecular weight is 328 g/mol. The standard InChI is InChI=1S/C22H32O2/c1-17(9-7-10-18(2)14-16-24-20(4)23)12-13-21-19(3)11-8-15-22(21,5)6/h7,9-10,12-14H,8,11,15-16H2,1-6H3. The van der Waals surface area contributed by atoms with Gasteiger partial charge in [0, 0.05) is 6.92 Å². The van der Waals surface area contributed by atoms with Crippen molar-refractivity contribution >= 4 is 5.97 Å². The molecule has 132 valence electrons. The molecule has 0 fully saturated rings. The van der Waals surface area contributed by atoms with Gasteiger partial charge in [0.05, 0.1) is 0 Å². The highest BCUT2D eigenvalue weighted by Gasteiger charge is 2.26. The summed E-state index contributed by atoms with van der Waals surface area (Å²) in [7, 11) is 0. The van der Waals surface area contributed by atoms with Gasteiger partial charge in [-0.3, -0.25) is 4.79 Å². The third-order valence-corrected chi connectivity index (χ3v) is 4.47. The number of rotatable bonds is 6. The smallest absolute Gasteiger partial charge is 0.302 e. The quantitative estimate of drug-likeness (QED) is 0.436. The van der Waals surface area contributed by atoms with Crippen LogP contribution in [-0.2, 0) is 9.53 Å². The highest BCUT2D eigenvalue weighted by Crippen LogP contribution is 2.40. The summed E-state index contributed by atoms with van der Waals surface area (Å²) in [6, 6.07) is 0. The molecule has 24 heavy (non-hydrogen) atoms. The molecule has 0 aromatic carbocycles. The molecular weight excluding hydrogens is 296 g/mol. The van der Waals surface area contributed by atoms with E-state index in [0.717, 1.165) is 5.57 Å². The fourth-order valence-electron chi connectivity index (χ4n) is 2.99. The molecule has 0 bridgehead atoms. The minimum Gasteiger partial charge on any atom is -0.462 e. The molecule has 0 radical (unpaired) electrons. The van der Waals surface area contributed by atoms with Crippen molar-refractivity contribution in [2.24, 2.45) is 5.41 Å². The van der Waals surface area contributed by atoms with E-state index in [1.165, 1.54) is 42.9 Å². The Morgan fingerprint density at radius 3 is 2.50 bits per heavy atom. The number of allylic oxidation sites excluding steroid dienone is 9. The summed E-state index contributed by atoms with van der Waals surface area (Å²) in [5, 5.41) is 0. The Kier molecular flexibility index (Phi) is 7.97. The molecule has 0 aromatic rings. The molecule has 0 N–H and O–H groups in total. The number of ether oxygens (including phenoxy) is 1. The summed E-state index contributed by atoms with van der Waals surface area (Å²) >= 11 is 0. The lowest BCUT2D eigenvalue weighted by atomic mass is 9.72. The third kappa shape index (κ3) is 7.16. The first-order valence-corrected chi connectivity index (χ1v) is 8.76. The zero-order valence-corrected chi connectivity index (χ0v) is 16.1. The maximum Gasteiger partial charge on any atom is 0.302 e. The SMILES string of the molecule is CC(=O)OCC=C(C)C=CC=C(C)C=CC1=C(C)CCCC1(C)C. The minimum atomic E-state index is -0.251. The molecule has 0 saturated carbocycles. The van der Waals surface area contributed by atoms with Crippen LogP contribution in [0.15, 0.2) is 58.7 Å². The molecule has 0 aliphatic heterocycles. The predicted octanol–water partition coefficient (Wildman–Crippen LogP) is 6.08. The van der Waals surface area contributed by atoms with Crippen LogP contribution in [0.4, 0.5) is 0 Å². The van der Waals surface area contributed by atoms with Crippen LogP contribution in [0.25, 0.3) is 0 Å². The highest BCUT2D eigenvalue weighted by atomic mass is 16.5. The lowest BCUT2D eigenvalue weighted by Crippen LogP contribution is -2.19. The zero-order chi connectivity index (χ0) is 18.2. The molecule has 0 saturated heterocycles. The average Bonchev–Trinajstić information content (AvgIpc) is 2.45. The molecule has 0 atom stereocenters. The summed E-state index contributed by atoms with van der Waals surface area (Å²) < 4.78 is 4.89. The van der Waals surface area contributed by atoms with Crippen LogP contribution in [0.5, 0.6) is 0 Å². The first-order chi connectivity index (χ1) is 11.2. The maximum absolute atomic E-state index is 10.7. The monoisotopic (exact) mass is 328 g/mol. The molecule has 0 spiro atoms. The molecule has 1 rings (SSSR count). The van der Waals surface area contributed by atoms with Crippen molar-refractivity contribution in [1.29, 1.82) is 0 Å². The van der Waals surface area contributed by atoms with E-state index in [2.05, 4.69) is 45.9 Å². The molecule has 1 aliphatic rings. The van der Waals surface area contributed by atoms with E-state index in [4.69, 9.17) is 4.74 Å². The Balaban J connectivity index is 2.67. The van der Waals surface area contributed by atoms with Gasteiger partial charge in [0.2, 0.25) is 0 Å². The van der Waals surface area contributed by atoms with E-state index in [0.29, 0.717) is 6.61 Å². The number of hydrogen-bond acceptors (Lipinski definition) is 2. The van der Waals surface area contributed by atoms with Crippen LogP contribution in [0.2, 0.25) is 0 Å². The second kappa shape index (κ2) is 9.46. The predicted molar refractivity (Wildman–Crippen MR) is 103 cm³/mol. The first kappa shape index (κ1) is 20.2. The van der Waals surface area contributed by atoms with Gasteiger partial charge >= 0.3 is 5.97 Å². The lowest BCUT2D eigenvalue weighted by molar-refractivity contribution is -0.139. The fraction of sp³-hybridized carbons (Fsp3) is 0.500. The molecule has 0 amide bonds. The van der Waals surface area contributed by atoms with Crippen molar-refractivity contribution in [2.45, 2.75) is 60.8 Å². The summed E-state index contributed by atoms with van der Waals surface area (Å²) in [6.07, 6.45) is 16.3. The van der Waals surface area contributed by atoms with Crippen LogP contribution < -0.4 is 0 Å². The van der Waals surface area contributed by atoms with E-state index in [1.807, 2.05) is 25.2 Å². The van der Waals surface area contributed by atoms with Gasteiger partial charge in [0.15, 0.2) is 0 Å². The van der Waals surface area contributed by atoms with Crippen molar-refractivity contribution in [3.8, 4) is 0 Å². The lowest BCUT2D eigenvalue weighted by Gasteiger charge is -2.32. The maximum atomic E-state index is 10.7. The Hall–Kier alpha value is -1.83. The van der Waals surface area contributed by atoms with Crippen LogP contribution in [-0.4, -0.2) is 12.6 Å². The molecule has 2 heteroatoms. The summed E-state index contributed by atoms with van der Waals surface area (Å²) in [5.41, 5.74) is 5.60. The van der Waals surface area contributed by atoms with E-state index in [1.54, 1.807) is 0 Å². The van der Waals surface area contributed by atoms with Crippen molar-refractivity contribution in [3.05, 3.63) is 58.7 Å². The fourth-order valence-corrected chi connectivity index (χ4v) is 2.99. The van der Waals surface area contributed by atoms with Gasteiger partial charge in [-0.2, -0.15) is 0 Å². The first-order valence-electron chi connectivity index (χ1n) is 8.76. The van der Waals surface area contributed by atoms with Crippen molar-refractivity contribution in [2.75, 3.05) is 6.61 Å². The largest absolute Gasteiger partial charge is 0.462 e. The van der Waals surface area contributed by atoms with Crippen LogP contribution in [0.3, 0.4) is 0 Å². The van der Waals surface area contributed by atoms with Gasteiger partial charge in [0.1, 0.15) is 6.61 Å². The summed E-state index contributed by atoms with van der Waals surface area (Å²) in [6.45, 7) is 12.8. The Morgan fingerprint density at radius 2 is 1.88 bits per heavy atom. The molecule has 0 unspecified atom stereocenters. The number of hydrogen-bond donors (Lipinski definition) is 0. The van der Waals surface area contributed by atoms with E-state index >= 15 is 0 Å². The number of carbonyl (C=O) groups excluding carboxylic acids is 1. The van der Waals surface area contributed by atoms with Gasteiger partial charge in [-0.05, 0) is 57.1 Å². The topological polar surface area (TPSA) is 26.3 Å². The summed E-state index contributed by atoms with van der Waals surface area (Å²) in [5.74, 6) is -0.251. The van der Waals surface area contributed by atoms with Crippen LogP contribution in [0, 0.1) is 5.41 Å². The molecule has 0 aromatic heterocycles. The van der Waals surface area contributed by atoms with E-state index in [-0.39, 0.29) is 11.4 Å². The Morgan fingerprint density at radius 1 is 1.17 bits per heavy atom. The van der Waals surface area contributed by atoms with Crippen LogP contribution in [0.1, 0.15) is 60.8 Å². The van der Waals surface area contributed by atoms with Crippen molar-refractivity contribution in [1.82, 2.24) is 0 Å². The normalized spacial score (nSPS) is 19.4. The molecule has 2 nitrogen and oxygen atoms in total. The van der Waals surface area contributed by atoms with E-state index < -0.39 is 0 Å². The van der Waals surface area contributed by atoms with Gasteiger partial charge in [0.25, 0.3) is 0 Å². The molecular formula is C22H32O2. The minimum absolute atomic E-state index is 0.251. The van der Waals surface area contributed by atoms with Gasteiger partial charge in [-0.25, -0.2) is 0 Å². The number of carbonyl (C=O) groups is 1. The summed E-state index contributed by atoms with van der Waals surface area (Å²) in [4.78, 5) is 10.7. The Bertz CT molecular complexity index is 595. The molecule has 0 heterocycles. The van der Waals surface area contributed by atoms with Gasteiger partial charge in [-0.1, -0.05) is 60.9 Å². The van der Waals surface area contributed by atoms with Crippen LogP contribution >= 0.6 is 0 Å². The van der Waals surface area contributed by atoms with Gasteiger partial charge in [-0.15, -0.1) is 0 Å². The molecule has 1 aliphatic carbocycles. The van der Waals surface area contributed by atoms with Gasteiger partial charge < -0.3 is 4.74 Å². The van der Waals surface area contributed by atoms with Crippen molar-refractivity contribution in [3.63, 3.8) is 0 Å². The number of esters is 1. The second-order valence-electron chi connectivity index (χ2n) is 7.29. The highest BCUT2D eigenvalue weighted by molar-refractivity contribution is 5.66. The second-order valence-corrected chi connectivity index (χ2v) is 7.29. The van der Waals surface area contributed by atoms with Crippen molar-refractivity contribution < 1.29 is 9.53 Å². The van der Waals surface area contributed by atoms with E-state index in [9.17, 15) is 4.79 Å².